The fraction of sp³-hybridized carbons (Fsp3) is 0.474. The Hall–Kier alpha value is -1.94. The number of carbonyl (C=O) groups is 2. The van der Waals surface area contributed by atoms with Crippen molar-refractivity contribution in [1.82, 2.24) is 4.90 Å². The number of likely N-dealkylation sites (tertiary alicyclic amines) is 1. The predicted octanol–water partition coefficient (Wildman–Crippen LogP) is 2.97. The van der Waals surface area contributed by atoms with Crippen molar-refractivity contribution < 1.29 is 14.3 Å². The number of aldehydes is 1. The van der Waals surface area contributed by atoms with Crippen LogP contribution in [0.5, 0.6) is 0 Å². The predicted molar refractivity (Wildman–Crippen MR) is 89.8 cm³/mol. The molecule has 1 fully saturated rings. The Bertz CT molecular complexity index is 562. The van der Waals surface area contributed by atoms with E-state index in [4.69, 9.17) is 4.74 Å². The van der Waals surface area contributed by atoms with Crippen LogP contribution in [0.15, 0.2) is 43.0 Å². The van der Waals surface area contributed by atoms with Gasteiger partial charge in [-0.15, -0.1) is 6.58 Å². The maximum Gasteiger partial charge on any atom is 0.323 e. The number of benzene rings is 1. The molecular formula is C19H25NO3. The quantitative estimate of drug-likeness (QED) is 0.476. The molecule has 1 unspecified atom stereocenters. The number of hydrogen-bond acceptors (Lipinski definition) is 4. The van der Waals surface area contributed by atoms with Gasteiger partial charge in [-0.25, -0.2) is 0 Å². The fourth-order valence-electron chi connectivity index (χ4n) is 3.04. The van der Waals surface area contributed by atoms with Gasteiger partial charge in [-0.2, -0.15) is 0 Å². The van der Waals surface area contributed by atoms with Crippen molar-refractivity contribution in [3.63, 3.8) is 0 Å². The normalized spacial score (nSPS) is 25.1. The first-order valence-electron chi connectivity index (χ1n) is 7.96. The minimum atomic E-state index is -0.543. The van der Waals surface area contributed by atoms with Gasteiger partial charge in [-0.1, -0.05) is 36.4 Å². The molecule has 1 aromatic rings. The van der Waals surface area contributed by atoms with Gasteiger partial charge in [0.05, 0.1) is 0 Å². The van der Waals surface area contributed by atoms with Crippen LogP contribution in [-0.2, 0) is 20.9 Å². The van der Waals surface area contributed by atoms with Crippen LogP contribution in [0.4, 0.5) is 0 Å². The number of carbonyl (C=O) groups excluding carboxylic acids is 2. The van der Waals surface area contributed by atoms with Crippen LogP contribution in [0.3, 0.4) is 0 Å². The molecule has 0 radical (unpaired) electrons. The zero-order valence-electron chi connectivity index (χ0n) is 14.1. The summed E-state index contributed by atoms with van der Waals surface area (Å²) in [4.78, 5) is 26.0. The van der Waals surface area contributed by atoms with E-state index in [9.17, 15) is 9.59 Å². The Balaban J connectivity index is 2.25. The molecule has 0 amide bonds. The van der Waals surface area contributed by atoms with Gasteiger partial charge in [-0.3, -0.25) is 9.69 Å². The summed E-state index contributed by atoms with van der Waals surface area (Å²) in [5, 5.41) is 0. The smallest absolute Gasteiger partial charge is 0.323 e. The Morgan fingerprint density at radius 3 is 2.52 bits per heavy atom. The van der Waals surface area contributed by atoms with Gasteiger partial charge in [-0.05, 0) is 32.8 Å². The second-order valence-electron chi connectivity index (χ2n) is 6.97. The zero-order chi connectivity index (χ0) is 17.0. The topological polar surface area (TPSA) is 46.6 Å². The Kier molecular flexibility index (Phi) is 5.37. The SMILES string of the molecule is C=C[C@H]1[C@@H](C=O)CC(C(=O)OC(C)(C)C)N1Cc1ccccc1. The largest absolute Gasteiger partial charge is 0.459 e. The molecule has 1 saturated heterocycles. The zero-order valence-corrected chi connectivity index (χ0v) is 14.1. The minimum Gasteiger partial charge on any atom is -0.459 e. The highest BCUT2D eigenvalue weighted by Crippen LogP contribution is 2.32. The molecule has 0 N–H and O–H groups in total. The Labute approximate surface area is 138 Å². The number of esters is 1. The van der Waals surface area contributed by atoms with Crippen molar-refractivity contribution in [2.24, 2.45) is 5.92 Å². The van der Waals surface area contributed by atoms with E-state index >= 15 is 0 Å². The second kappa shape index (κ2) is 7.09. The van der Waals surface area contributed by atoms with E-state index in [1.807, 2.05) is 56.0 Å². The molecular weight excluding hydrogens is 290 g/mol. The molecule has 0 aromatic heterocycles. The number of hydrogen-bond donors (Lipinski definition) is 0. The van der Waals surface area contributed by atoms with Gasteiger partial charge in [0.25, 0.3) is 0 Å². The standard InChI is InChI=1S/C19H25NO3/c1-5-16-15(13-21)11-17(18(22)23-19(2,3)4)20(16)12-14-9-7-6-8-10-14/h5-10,13,15-17H,1,11-12H2,2-4H3/t15-,16+,17?/m1/s1. The van der Waals surface area contributed by atoms with E-state index in [0.29, 0.717) is 13.0 Å². The highest BCUT2D eigenvalue weighted by atomic mass is 16.6. The van der Waals surface area contributed by atoms with Gasteiger partial charge in [0.2, 0.25) is 0 Å². The fourth-order valence-corrected chi connectivity index (χ4v) is 3.04. The number of ether oxygens (including phenoxy) is 1. The van der Waals surface area contributed by atoms with Crippen molar-refractivity contribution >= 4 is 12.3 Å². The van der Waals surface area contributed by atoms with Gasteiger partial charge in [0.15, 0.2) is 0 Å². The molecule has 2 rings (SSSR count). The average Bonchev–Trinajstić information content (AvgIpc) is 2.84. The summed E-state index contributed by atoms with van der Waals surface area (Å²) in [5.41, 5.74) is 0.554. The highest BCUT2D eigenvalue weighted by molar-refractivity contribution is 5.78. The first-order chi connectivity index (χ1) is 10.9. The van der Waals surface area contributed by atoms with E-state index in [0.717, 1.165) is 11.8 Å². The third-order valence-corrected chi connectivity index (χ3v) is 4.02. The van der Waals surface area contributed by atoms with Crippen LogP contribution in [0.1, 0.15) is 32.8 Å². The average molecular weight is 315 g/mol. The number of rotatable bonds is 5. The molecule has 0 aliphatic carbocycles. The summed E-state index contributed by atoms with van der Waals surface area (Å²) in [5.74, 6) is -0.502. The molecule has 4 heteroatoms. The summed E-state index contributed by atoms with van der Waals surface area (Å²) in [6.45, 7) is 9.99. The molecule has 1 aliphatic rings. The second-order valence-corrected chi connectivity index (χ2v) is 6.97. The summed E-state index contributed by atoms with van der Waals surface area (Å²) < 4.78 is 5.54. The molecule has 1 heterocycles. The van der Waals surface area contributed by atoms with Gasteiger partial charge in [0, 0.05) is 18.5 Å². The van der Waals surface area contributed by atoms with Crippen LogP contribution in [0, 0.1) is 5.92 Å². The van der Waals surface area contributed by atoms with E-state index in [1.165, 1.54) is 0 Å². The highest BCUT2D eigenvalue weighted by Gasteiger charge is 2.44. The van der Waals surface area contributed by atoms with Crippen molar-refractivity contribution in [3.8, 4) is 0 Å². The molecule has 0 saturated carbocycles. The maximum atomic E-state index is 12.6. The van der Waals surface area contributed by atoms with Crippen LogP contribution < -0.4 is 0 Å². The van der Waals surface area contributed by atoms with E-state index in [1.54, 1.807) is 6.08 Å². The molecule has 4 nitrogen and oxygen atoms in total. The van der Waals surface area contributed by atoms with Crippen molar-refractivity contribution in [2.75, 3.05) is 0 Å². The molecule has 0 spiro atoms. The third kappa shape index (κ3) is 4.29. The molecule has 0 bridgehead atoms. The first-order valence-corrected chi connectivity index (χ1v) is 7.96. The molecule has 23 heavy (non-hydrogen) atoms. The van der Waals surface area contributed by atoms with Crippen molar-refractivity contribution in [3.05, 3.63) is 48.6 Å². The molecule has 3 atom stereocenters. The Morgan fingerprint density at radius 2 is 2.00 bits per heavy atom. The lowest BCUT2D eigenvalue weighted by atomic mass is 10.0. The lowest BCUT2D eigenvalue weighted by molar-refractivity contribution is -0.160. The van der Waals surface area contributed by atoms with Gasteiger partial charge in [0.1, 0.15) is 17.9 Å². The molecule has 1 aliphatic heterocycles. The monoisotopic (exact) mass is 315 g/mol. The minimum absolute atomic E-state index is 0.148. The van der Waals surface area contributed by atoms with Crippen LogP contribution in [0.2, 0.25) is 0 Å². The maximum absolute atomic E-state index is 12.6. The third-order valence-electron chi connectivity index (χ3n) is 4.02. The van der Waals surface area contributed by atoms with E-state index < -0.39 is 11.6 Å². The Morgan fingerprint density at radius 1 is 1.35 bits per heavy atom. The lowest BCUT2D eigenvalue weighted by Gasteiger charge is -2.30. The number of nitrogens with zero attached hydrogens (tertiary/aromatic N) is 1. The van der Waals surface area contributed by atoms with E-state index in [-0.39, 0.29) is 17.9 Å². The lowest BCUT2D eigenvalue weighted by Crippen LogP contribution is -2.43. The summed E-state index contributed by atoms with van der Waals surface area (Å²) in [7, 11) is 0. The molecule has 124 valence electrons. The summed E-state index contributed by atoms with van der Waals surface area (Å²) >= 11 is 0. The van der Waals surface area contributed by atoms with Crippen LogP contribution in [0.25, 0.3) is 0 Å². The first kappa shape index (κ1) is 17.4. The van der Waals surface area contributed by atoms with Crippen LogP contribution in [-0.4, -0.2) is 34.8 Å². The van der Waals surface area contributed by atoms with Gasteiger partial charge >= 0.3 is 5.97 Å². The van der Waals surface area contributed by atoms with Gasteiger partial charge < -0.3 is 9.53 Å². The van der Waals surface area contributed by atoms with Crippen molar-refractivity contribution in [1.29, 1.82) is 0 Å². The van der Waals surface area contributed by atoms with E-state index in [2.05, 4.69) is 6.58 Å². The summed E-state index contributed by atoms with van der Waals surface area (Å²) in [6.07, 6.45) is 3.16. The van der Waals surface area contributed by atoms with Crippen LogP contribution >= 0.6 is 0 Å². The summed E-state index contributed by atoms with van der Waals surface area (Å²) in [6, 6.07) is 9.35. The van der Waals surface area contributed by atoms with Crippen molar-refractivity contribution in [2.45, 2.75) is 51.4 Å². The molecule has 1 aromatic carbocycles.